The Bertz CT molecular complexity index is 231. The molecule has 1 saturated carbocycles. The molecule has 11 heavy (non-hydrogen) atoms. The molecule has 1 spiro atoms. The van der Waals surface area contributed by atoms with Crippen LogP contribution in [0.1, 0.15) is 19.8 Å². The minimum Gasteiger partial charge on any atom is -0.323 e. The van der Waals surface area contributed by atoms with Crippen LogP contribution in [0, 0.1) is 5.92 Å². The van der Waals surface area contributed by atoms with Gasteiger partial charge in [-0.2, -0.15) is 0 Å². The van der Waals surface area contributed by atoms with Crippen molar-refractivity contribution >= 4 is 11.9 Å². The number of hydrogen-bond acceptors (Lipinski definition) is 2. The third-order valence-electron chi connectivity index (χ3n) is 2.41. The largest absolute Gasteiger partial charge is 0.323 e. The molecule has 1 aliphatic heterocycles. The highest BCUT2D eigenvalue weighted by Crippen LogP contribution is 2.39. The summed E-state index contributed by atoms with van der Waals surface area (Å²) in [5.74, 6) is 0.403. The summed E-state index contributed by atoms with van der Waals surface area (Å²) in [6, 6.07) is -0.345. The van der Waals surface area contributed by atoms with Crippen molar-refractivity contribution in [2.24, 2.45) is 5.92 Å². The number of hydrogen-bond donors (Lipinski definition) is 2. The van der Waals surface area contributed by atoms with Crippen LogP contribution in [0.2, 0.25) is 0 Å². The van der Waals surface area contributed by atoms with Crippen molar-refractivity contribution in [3.05, 3.63) is 0 Å². The van der Waals surface area contributed by atoms with Crippen LogP contribution in [0.15, 0.2) is 0 Å². The fourth-order valence-corrected chi connectivity index (χ4v) is 1.95. The minimum atomic E-state index is -0.531. The lowest BCUT2D eigenvalue weighted by Gasteiger charge is -2.40. The van der Waals surface area contributed by atoms with Crippen molar-refractivity contribution in [3.63, 3.8) is 0 Å². The van der Waals surface area contributed by atoms with E-state index in [1.165, 1.54) is 0 Å². The van der Waals surface area contributed by atoms with Gasteiger partial charge in [0.2, 0.25) is 0 Å². The molecule has 3 amide bonds. The third-order valence-corrected chi connectivity index (χ3v) is 2.41. The highest BCUT2D eigenvalue weighted by molar-refractivity contribution is 6.07. The molecule has 1 aliphatic carbocycles. The number of carbonyl (C=O) groups is 2. The molecule has 2 rings (SSSR count). The van der Waals surface area contributed by atoms with Crippen LogP contribution in [0.4, 0.5) is 4.79 Å². The van der Waals surface area contributed by atoms with Crippen LogP contribution in [-0.4, -0.2) is 17.5 Å². The first-order chi connectivity index (χ1) is 5.12. The van der Waals surface area contributed by atoms with Crippen LogP contribution >= 0.6 is 0 Å². The van der Waals surface area contributed by atoms with E-state index in [0.29, 0.717) is 5.92 Å². The van der Waals surface area contributed by atoms with Gasteiger partial charge in [-0.3, -0.25) is 10.1 Å². The quantitative estimate of drug-likeness (QED) is 0.482. The van der Waals surface area contributed by atoms with Gasteiger partial charge in [-0.15, -0.1) is 0 Å². The van der Waals surface area contributed by atoms with Gasteiger partial charge in [0.05, 0.1) is 0 Å². The first kappa shape index (κ1) is 6.64. The van der Waals surface area contributed by atoms with Crippen LogP contribution in [0.5, 0.6) is 0 Å². The number of urea groups is 1. The van der Waals surface area contributed by atoms with E-state index in [2.05, 4.69) is 17.6 Å². The van der Waals surface area contributed by atoms with E-state index in [1.807, 2.05) is 0 Å². The smallest absolute Gasteiger partial charge is 0.322 e. The summed E-state index contributed by atoms with van der Waals surface area (Å²) in [6.45, 7) is 2.07. The van der Waals surface area contributed by atoms with E-state index in [4.69, 9.17) is 0 Å². The van der Waals surface area contributed by atoms with Gasteiger partial charge in [-0.25, -0.2) is 4.79 Å². The number of amides is 3. The normalized spacial score (nSPS) is 41.7. The summed E-state index contributed by atoms with van der Waals surface area (Å²) < 4.78 is 0. The Morgan fingerprint density at radius 1 is 1.45 bits per heavy atom. The van der Waals surface area contributed by atoms with Crippen LogP contribution < -0.4 is 10.6 Å². The zero-order chi connectivity index (χ0) is 8.06. The van der Waals surface area contributed by atoms with Gasteiger partial charge in [0.15, 0.2) is 0 Å². The van der Waals surface area contributed by atoms with Crippen molar-refractivity contribution in [2.45, 2.75) is 25.3 Å². The molecule has 0 aromatic rings. The Labute approximate surface area is 64.3 Å². The van der Waals surface area contributed by atoms with Crippen molar-refractivity contribution in [3.8, 4) is 0 Å². The molecule has 0 aromatic heterocycles. The summed E-state index contributed by atoms with van der Waals surface area (Å²) >= 11 is 0. The predicted octanol–water partition coefficient (Wildman–Crippen LogP) is -0.00550. The topological polar surface area (TPSA) is 58.2 Å². The Hall–Kier alpha value is -1.06. The highest BCUT2D eigenvalue weighted by Gasteiger charge is 2.53. The lowest BCUT2D eigenvalue weighted by Crippen LogP contribution is -2.56. The van der Waals surface area contributed by atoms with Crippen molar-refractivity contribution in [1.82, 2.24) is 10.6 Å². The second kappa shape index (κ2) is 1.75. The Morgan fingerprint density at radius 3 is 2.45 bits per heavy atom. The van der Waals surface area contributed by atoms with Crippen molar-refractivity contribution in [1.29, 1.82) is 0 Å². The molecule has 2 aliphatic rings. The van der Waals surface area contributed by atoms with Gasteiger partial charge in [0.25, 0.3) is 5.91 Å². The molecule has 60 valence electrons. The SMILES string of the molecule is CC1CC2(C1)NC(=O)NC2=O. The van der Waals surface area contributed by atoms with Crippen LogP contribution in [0.3, 0.4) is 0 Å². The first-order valence-electron chi connectivity index (χ1n) is 3.76. The average molecular weight is 154 g/mol. The number of imide groups is 1. The minimum absolute atomic E-state index is 0.152. The lowest BCUT2D eigenvalue weighted by atomic mass is 9.69. The van der Waals surface area contributed by atoms with Gasteiger partial charge in [-0.1, -0.05) is 6.92 Å². The van der Waals surface area contributed by atoms with Crippen molar-refractivity contribution < 1.29 is 9.59 Å². The summed E-state index contributed by atoms with van der Waals surface area (Å²) in [6.07, 6.45) is 1.56. The summed E-state index contributed by atoms with van der Waals surface area (Å²) in [5.41, 5.74) is -0.531. The zero-order valence-corrected chi connectivity index (χ0v) is 6.31. The van der Waals surface area contributed by atoms with Crippen LogP contribution in [-0.2, 0) is 4.79 Å². The molecule has 4 nitrogen and oxygen atoms in total. The Balaban J connectivity index is 2.16. The number of carbonyl (C=O) groups excluding carboxylic acids is 2. The second-order valence-corrected chi connectivity index (χ2v) is 3.50. The van der Waals surface area contributed by atoms with Crippen LogP contribution in [0.25, 0.3) is 0 Å². The zero-order valence-electron chi connectivity index (χ0n) is 6.31. The molecule has 1 saturated heterocycles. The molecule has 1 heterocycles. The van der Waals surface area contributed by atoms with E-state index in [0.717, 1.165) is 12.8 Å². The summed E-state index contributed by atoms with van der Waals surface area (Å²) in [5, 5.41) is 4.89. The van der Waals surface area contributed by atoms with Gasteiger partial charge >= 0.3 is 6.03 Å². The lowest BCUT2D eigenvalue weighted by molar-refractivity contribution is -0.128. The van der Waals surface area contributed by atoms with E-state index in [-0.39, 0.29) is 11.9 Å². The van der Waals surface area contributed by atoms with Gasteiger partial charge in [-0.05, 0) is 18.8 Å². The Kier molecular flexibility index (Phi) is 1.06. The molecule has 0 bridgehead atoms. The molecular formula is C7H10N2O2. The third kappa shape index (κ3) is 0.751. The second-order valence-electron chi connectivity index (χ2n) is 3.50. The molecule has 0 unspecified atom stereocenters. The average Bonchev–Trinajstić information content (AvgIpc) is 2.06. The maximum Gasteiger partial charge on any atom is 0.322 e. The summed E-state index contributed by atoms with van der Waals surface area (Å²) in [7, 11) is 0. The fourth-order valence-electron chi connectivity index (χ4n) is 1.95. The van der Waals surface area contributed by atoms with E-state index < -0.39 is 5.54 Å². The number of nitrogens with one attached hydrogen (secondary N) is 2. The van der Waals surface area contributed by atoms with E-state index in [1.54, 1.807) is 0 Å². The molecule has 0 radical (unpaired) electrons. The van der Waals surface area contributed by atoms with Gasteiger partial charge in [0.1, 0.15) is 5.54 Å². The first-order valence-corrected chi connectivity index (χ1v) is 3.76. The maximum absolute atomic E-state index is 11.1. The van der Waals surface area contributed by atoms with Gasteiger partial charge < -0.3 is 5.32 Å². The summed E-state index contributed by atoms with van der Waals surface area (Å²) in [4.78, 5) is 21.9. The fraction of sp³-hybridized carbons (Fsp3) is 0.714. The highest BCUT2D eigenvalue weighted by atomic mass is 16.2. The molecule has 0 atom stereocenters. The standard InChI is InChI=1S/C7H10N2O2/c1-4-2-7(3-4)5(10)8-6(11)9-7/h4H,2-3H2,1H3,(H2,8,9,10,11). The number of rotatable bonds is 0. The monoisotopic (exact) mass is 154 g/mol. The molecule has 4 heteroatoms. The maximum atomic E-state index is 11.1. The van der Waals surface area contributed by atoms with Gasteiger partial charge in [0, 0.05) is 0 Å². The molecule has 0 aromatic carbocycles. The molecule has 2 fully saturated rings. The van der Waals surface area contributed by atoms with E-state index in [9.17, 15) is 9.59 Å². The molecular weight excluding hydrogens is 144 g/mol. The predicted molar refractivity (Wildman–Crippen MR) is 37.8 cm³/mol. The van der Waals surface area contributed by atoms with E-state index >= 15 is 0 Å². The molecule has 2 N–H and O–H groups in total. The Morgan fingerprint density at radius 2 is 2.09 bits per heavy atom. The van der Waals surface area contributed by atoms with Crippen molar-refractivity contribution in [2.75, 3.05) is 0 Å².